The van der Waals surface area contributed by atoms with E-state index in [1.807, 2.05) is 36.4 Å². The molecule has 0 fully saturated rings. The minimum absolute atomic E-state index is 0.0462. The molecule has 3 aromatic rings. The number of hydrogen-bond acceptors (Lipinski definition) is 4. The van der Waals surface area contributed by atoms with Crippen molar-refractivity contribution in [3.63, 3.8) is 0 Å². The normalized spacial score (nSPS) is 10.9. The van der Waals surface area contributed by atoms with Gasteiger partial charge in [0, 0.05) is 14.3 Å². The first-order valence-electron chi connectivity index (χ1n) is 6.82. The summed E-state index contributed by atoms with van der Waals surface area (Å²) in [5.74, 6) is 0.591. The van der Waals surface area contributed by atoms with Crippen LogP contribution >= 0.6 is 31.9 Å². The standard InChI is InChI=1S/C16H12Br2N2O3/c17-10-1-4-12(5-2-10)23-8-7-20-14-6-3-11(18)9-13(14)15(19-22)16(20)21/h1-6,9,21H,7-8H2. The van der Waals surface area contributed by atoms with Gasteiger partial charge < -0.3 is 14.4 Å². The Labute approximate surface area is 149 Å². The highest BCUT2D eigenvalue weighted by Gasteiger charge is 2.17. The van der Waals surface area contributed by atoms with Crippen LogP contribution in [-0.4, -0.2) is 16.3 Å². The van der Waals surface area contributed by atoms with Crippen LogP contribution in [0.5, 0.6) is 11.6 Å². The summed E-state index contributed by atoms with van der Waals surface area (Å²) in [6.07, 6.45) is 0. The average Bonchev–Trinajstić information content (AvgIpc) is 2.80. The summed E-state index contributed by atoms with van der Waals surface area (Å²) >= 11 is 6.72. The zero-order chi connectivity index (χ0) is 16.4. The number of benzene rings is 2. The second kappa shape index (κ2) is 6.72. The van der Waals surface area contributed by atoms with Crippen molar-refractivity contribution in [3.8, 4) is 11.6 Å². The average molecular weight is 440 g/mol. The van der Waals surface area contributed by atoms with Gasteiger partial charge in [-0.1, -0.05) is 31.9 Å². The van der Waals surface area contributed by atoms with Gasteiger partial charge in [-0.25, -0.2) is 0 Å². The molecule has 0 aliphatic carbocycles. The summed E-state index contributed by atoms with van der Waals surface area (Å²) in [4.78, 5) is 11.0. The molecule has 0 bridgehead atoms. The molecule has 2 aromatic carbocycles. The molecular weight excluding hydrogens is 428 g/mol. The molecular formula is C16H12Br2N2O3. The molecule has 3 rings (SSSR count). The Balaban J connectivity index is 1.83. The summed E-state index contributed by atoms with van der Waals surface area (Å²) in [5, 5.41) is 13.8. The highest BCUT2D eigenvalue weighted by molar-refractivity contribution is 9.10. The number of fused-ring (bicyclic) bond motifs is 1. The van der Waals surface area contributed by atoms with E-state index in [0.717, 1.165) is 20.2 Å². The number of aromatic hydroxyl groups is 1. The van der Waals surface area contributed by atoms with Crippen LogP contribution in [-0.2, 0) is 6.54 Å². The third-order valence-corrected chi connectivity index (χ3v) is 4.48. The minimum atomic E-state index is -0.146. The van der Waals surface area contributed by atoms with Gasteiger partial charge in [0.15, 0.2) is 5.69 Å². The van der Waals surface area contributed by atoms with E-state index in [1.165, 1.54) is 0 Å². The highest BCUT2D eigenvalue weighted by atomic mass is 79.9. The number of ether oxygens (including phenoxy) is 1. The van der Waals surface area contributed by atoms with Crippen molar-refractivity contribution >= 4 is 48.5 Å². The minimum Gasteiger partial charge on any atom is -0.493 e. The van der Waals surface area contributed by atoms with E-state index < -0.39 is 0 Å². The summed E-state index contributed by atoms with van der Waals surface area (Å²) in [6.45, 7) is 0.753. The fraction of sp³-hybridized carbons (Fsp3) is 0.125. The molecule has 1 N–H and O–H groups in total. The zero-order valence-corrected chi connectivity index (χ0v) is 15.0. The summed E-state index contributed by atoms with van der Waals surface area (Å²) in [6, 6.07) is 12.9. The second-order valence-corrected chi connectivity index (χ2v) is 6.71. The molecule has 0 aliphatic rings. The van der Waals surface area contributed by atoms with Crippen LogP contribution in [0.3, 0.4) is 0 Å². The predicted octanol–water partition coefficient (Wildman–Crippen LogP) is 5.35. The quantitative estimate of drug-likeness (QED) is 0.545. The Morgan fingerprint density at radius 3 is 2.48 bits per heavy atom. The molecule has 0 amide bonds. The van der Waals surface area contributed by atoms with Gasteiger partial charge in [0.25, 0.3) is 0 Å². The monoisotopic (exact) mass is 438 g/mol. The van der Waals surface area contributed by atoms with E-state index >= 15 is 0 Å². The molecule has 0 saturated carbocycles. The van der Waals surface area contributed by atoms with Gasteiger partial charge in [-0.05, 0) is 47.6 Å². The molecule has 23 heavy (non-hydrogen) atoms. The van der Waals surface area contributed by atoms with Crippen LogP contribution in [0.25, 0.3) is 10.9 Å². The van der Waals surface area contributed by atoms with E-state index in [4.69, 9.17) is 4.74 Å². The van der Waals surface area contributed by atoms with E-state index in [9.17, 15) is 10.0 Å². The van der Waals surface area contributed by atoms with E-state index in [-0.39, 0.29) is 11.6 Å². The smallest absolute Gasteiger partial charge is 0.222 e. The van der Waals surface area contributed by atoms with Gasteiger partial charge in [0.05, 0.1) is 12.1 Å². The lowest BCUT2D eigenvalue weighted by Crippen LogP contribution is -2.07. The van der Waals surface area contributed by atoms with Crippen LogP contribution in [0.1, 0.15) is 0 Å². The second-order valence-electron chi connectivity index (χ2n) is 4.88. The third kappa shape index (κ3) is 3.25. The van der Waals surface area contributed by atoms with E-state index in [1.54, 1.807) is 10.6 Å². The lowest BCUT2D eigenvalue weighted by Gasteiger charge is -2.09. The van der Waals surface area contributed by atoms with Gasteiger partial charge in [-0.2, -0.15) is 0 Å². The first-order valence-corrected chi connectivity index (χ1v) is 8.41. The van der Waals surface area contributed by atoms with Crippen molar-refractivity contribution < 1.29 is 9.84 Å². The number of aromatic nitrogens is 1. The number of nitroso groups, excluding NO2 is 1. The third-order valence-electron chi connectivity index (χ3n) is 3.46. The summed E-state index contributed by atoms with van der Waals surface area (Å²) < 4.78 is 9.08. The summed E-state index contributed by atoms with van der Waals surface area (Å²) in [5.41, 5.74) is 0.782. The van der Waals surface area contributed by atoms with E-state index in [0.29, 0.717) is 18.5 Å². The van der Waals surface area contributed by atoms with Gasteiger partial charge >= 0.3 is 0 Å². The number of halogens is 2. The molecule has 1 heterocycles. The largest absolute Gasteiger partial charge is 0.493 e. The molecule has 0 aliphatic heterocycles. The molecule has 5 nitrogen and oxygen atoms in total. The van der Waals surface area contributed by atoms with Crippen LogP contribution in [0.4, 0.5) is 5.69 Å². The number of nitrogens with zero attached hydrogens (tertiary/aromatic N) is 2. The lowest BCUT2D eigenvalue weighted by atomic mass is 10.2. The molecule has 0 unspecified atom stereocenters. The first kappa shape index (κ1) is 16.0. The van der Waals surface area contributed by atoms with Crippen LogP contribution in [0, 0.1) is 4.91 Å². The van der Waals surface area contributed by atoms with Gasteiger partial charge in [0.2, 0.25) is 5.88 Å². The van der Waals surface area contributed by atoms with Gasteiger partial charge in [-0.15, -0.1) is 4.91 Å². The van der Waals surface area contributed by atoms with Crippen molar-refractivity contribution in [1.82, 2.24) is 4.57 Å². The zero-order valence-electron chi connectivity index (χ0n) is 11.9. The van der Waals surface area contributed by atoms with Crippen molar-refractivity contribution in [3.05, 3.63) is 56.3 Å². The van der Waals surface area contributed by atoms with Gasteiger partial charge in [0.1, 0.15) is 12.4 Å². The first-order chi connectivity index (χ1) is 11.1. The fourth-order valence-electron chi connectivity index (χ4n) is 2.40. The van der Waals surface area contributed by atoms with Crippen molar-refractivity contribution in [2.75, 3.05) is 6.61 Å². The topological polar surface area (TPSA) is 63.8 Å². The van der Waals surface area contributed by atoms with Crippen molar-refractivity contribution in [2.45, 2.75) is 6.54 Å². The molecule has 1 aromatic heterocycles. The molecule has 7 heteroatoms. The van der Waals surface area contributed by atoms with Crippen LogP contribution in [0.2, 0.25) is 0 Å². The summed E-state index contributed by atoms with van der Waals surface area (Å²) in [7, 11) is 0. The maximum atomic E-state index is 11.0. The maximum absolute atomic E-state index is 11.0. The van der Waals surface area contributed by atoms with Crippen LogP contribution < -0.4 is 4.74 Å². The Bertz CT molecular complexity index is 860. The predicted molar refractivity (Wildman–Crippen MR) is 96.4 cm³/mol. The highest BCUT2D eigenvalue weighted by Crippen LogP contribution is 2.39. The molecule has 0 saturated heterocycles. The molecule has 0 atom stereocenters. The van der Waals surface area contributed by atoms with Crippen LogP contribution in [0.15, 0.2) is 56.6 Å². The number of hydrogen-bond donors (Lipinski definition) is 1. The Kier molecular flexibility index (Phi) is 4.68. The molecule has 0 radical (unpaired) electrons. The fourth-order valence-corrected chi connectivity index (χ4v) is 3.02. The number of rotatable bonds is 5. The van der Waals surface area contributed by atoms with Gasteiger partial charge in [-0.3, -0.25) is 0 Å². The molecule has 0 spiro atoms. The SMILES string of the molecule is O=Nc1c(O)n(CCOc2ccc(Br)cc2)c2ccc(Br)cc12. The molecule has 118 valence electrons. The lowest BCUT2D eigenvalue weighted by molar-refractivity contribution is 0.290. The van der Waals surface area contributed by atoms with Crippen molar-refractivity contribution in [2.24, 2.45) is 5.18 Å². The Morgan fingerprint density at radius 2 is 1.78 bits per heavy atom. The maximum Gasteiger partial charge on any atom is 0.222 e. The van der Waals surface area contributed by atoms with Crippen molar-refractivity contribution in [1.29, 1.82) is 0 Å². The Hall–Kier alpha value is -1.86. The Morgan fingerprint density at radius 1 is 1.09 bits per heavy atom. The van der Waals surface area contributed by atoms with E-state index in [2.05, 4.69) is 37.0 Å².